The van der Waals surface area contributed by atoms with Crippen LogP contribution in [0.5, 0.6) is 5.88 Å². The number of hydrogen-bond donors (Lipinski definition) is 0. The Bertz CT molecular complexity index is 361. The number of hydrogen-bond acceptors (Lipinski definition) is 4. The maximum atomic E-state index is 5.52. The van der Waals surface area contributed by atoms with Crippen LogP contribution < -0.4 is 9.64 Å². The standard InChI is InChI=1S/C12H18BrN3O/c1-2-5-17-12-6-11(14-9-15-12)16-4-3-10(7-13)8-16/h6,9-10H,2-5,7-8H2,1H3. The molecule has 0 aliphatic carbocycles. The van der Waals surface area contributed by atoms with Crippen LogP contribution in [0.1, 0.15) is 19.8 Å². The van der Waals surface area contributed by atoms with E-state index in [0.29, 0.717) is 12.5 Å². The van der Waals surface area contributed by atoms with Crippen molar-refractivity contribution < 1.29 is 4.74 Å². The van der Waals surface area contributed by atoms with Gasteiger partial charge in [-0.3, -0.25) is 0 Å². The van der Waals surface area contributed by atoms with Crippen molar-refractivity contribution in [3.8, 4) is 5.88 Å². The van der Waals surface area contributed by atoms with E-state index in [0.717, 1.165) is 36.6 Å². The Morgan fingerprint density at radius 2 is 2.41 bits per heavy atom. The van der Waals surface area contributed by atoms with Crippen LogP contribution in [0, 0.1) is 5.92 Å². The number of halogens is 1. The molecule has 2 rings (SSSR count). The molecule has 2 heterocycles. The summed E-state index contributed by atoms with van der Waals surface area (Å²) in [6, 6.07) is 1.94. The first-order chi connectivity index (χ1) is 8.33. The highest BCUT2D eigenvalue weighted by molar-refractivity contribution is 9.09. The van der Waals surface area contributed by atoms with E-state index < -0.39 is 0 Å². The van der Waals surface area contributed by atoms with Gasteiger partial charge in [0.1, 0.15) is 12.1 Å². The van der Waals surface area contributed by atoms with Crippen molar-refractivity contribution in [2.75, 3.05) is 29.9 Å². The molecule has 1 aliphatic heterocycles. The number of nitrogens with zero attached hydrogens (tertiary/aromatic N) is 3. The first-order valence-corrected chi connectivity index (χ1v) is 7.21. The second-order valence-corrected chi connectivity index (χ2v) is 4.97. The summed E-state index contributed by atoms with van der Waals surface area (Å²) < 4.78 is 5.52. The molecule has 0 bridgehead atoms. The van der Waals surface area contributed by atoms with Gasteiger partial charge in [0, 0.05) is 24.5 Å². The molecular formula is C12H18BrN3O. The maximum absolute atomic E-state index is 5.52. The van der Waals surface area contributed by atoms with E-state index in [2.05, 4.69) is 37.7 Å². The molecule has 1 unspecified atom stereocenters. The average Bonchev–Trinajstić information content (AvgIpc) is 2.85. The largest absolute Gasteiger partial charge is 0.478 e. The fourth-order valence-electron chi connectivity index (χ4n) is 1.96. The smallest absolute Gasteiger partial charge is 0.218 e. The van der Waals surface area contributed by atoms with Gasteiger partial charge in [0.05, 0.1) is 6.61 Å². The van der Waals surface area contributed by atoms with Crippen LogP contribution in [0.15, 0.2) is 12.4 Å². The van der Waals surface area contributed by atoms with Gasteiger partial charge in [0.2, 0.25) is 5.88 Å². The van der Waals surface area contributed by atoms with E-state index >= 15 is 0 Å². The molecule has 17 heavy (non-hydrogen) atoms. The quantitative estimate of drug-likeness (QED) is 0.783. The van der Waals surface area contributed by atoms with Gasteiger partial charge < -0.3 is 9.64 Å². The Labute approximate surface area is 111 Å². The Balaban J connectivity index is 2.01. The molecule has 0 spiro atoms. The second-order valence-electron chi connectivity index (χ2n) is 4.32. The molecule has 0 saturated carbocycles. The van der Waals surface area contributed by atoms with Crippen molar-refractivity contribution >= 4 is 21.7 Å². The third kappa shape index (κ3) is 3.31. The molecule has 5 heteroatoms. The zero-order chi connectivity index (χ0) is 12.1. The van der Waals surface area contributed by atoms with Gasteiger partial charge in [-0.05, 0) is 18.8 Å². The number of rotatable bonds is 5. The van der Waals surface area contributed by atoms with E-state index in [-0.39, 0.29) is 0 Å². The van der Waals surface area contributed by atoms with E-state index in [1.165, 1.54) is 6.42 Å². The van der Waals surface area contributed by atoms with Crippen LogP contribution in [0.2, 0.25) is 0 Å². The molecule has 1 saturated heterocycles. The first-order valence-electron chi connectivity index (χ1n) is 6.09. The molecule has 1 aliphatic rings. The van der Waals surface area contributed by atoms with Crippen LogP contribution in [-0.4, -0.2) is 35.0 Å². The van der Waals surface area contributed by atoms with Crippen LogP contribution in [0.3, 0.4) is 0 Å². The molecule has 1 atom stereocenters. The highest BCUT2D eigenvalue weighted by atomic mass is 79.9. The first kappa shape index (κ1) is 12.6. The summed E-state index contributed by atoms with van der Waals surface area (Å²) >= 11 is 3.54. The van der Waals surface area contributed by atoms with Gasteiger partial charge in [-0.2, -0.15) is 0 Å². The monoisotopic (exact) mass is 299 g/mol. The molecule has 94 valence electrons. The van der Waals surface area contributed by atoms with Crippen LogP contribution in [0.25, 0.3) is 0 Å². The Kier molecular flexibility index (Phi) is 4.59. The number of ether oxygens (including phenoxy) is 1. The SMILES string of the molecule is CCCOc1cc(N2CCC(CBr)C2)ncn1. The topological polar surface area (TPSA) is 38.2 Å². The summed E-state index contributed by atoms with van der Waals surface area (Å²) in [4.78, 5) is 10.7. The summed E-state index contributed by atoms with van der Waals surface area (Å²) in [6.07, 6.45) is 3.80. The fraction of sp³-hybridized carbons (Fsp3) is 0.667. The van der Waals surface area contributed by atoms with Crippen LogP contribution in [0.4, 0.5) is 5.82 Å². The summed E-state index contributed by atoms with van der Waals surface area (Å²) in [6.45, 7) is 4.93. The van der Waals surface area contributed by atoms with Crippen molar-refractivity contribution in [1.29, 1.82) is 0 Å². The Morgan fingerprint density at radius 1 is 1.53 bits per heavy atom. The lowest BCUT2D eigenvalue weighted by Crippen LogP contribution is -2.21. The second kappa shape index (κ2) is 6.19. The predicted octanol–water partition coefficient (Wildman–Crippen LogP) is 2.49. The molecule has 4 nitrogen and oxygen atoms in total. The van der Waals surface area contributed by atoms with E-state index in [9.17, 15) is 0 Å². The van der Waals surface area contributed by atoms with Gasteiger partial charge >= 0.3 is 0 Å². The third-order valence-corrected chi connectivity index (χ3v) is 3.83. The minimum absolute atomic E-state index is 0.680. The van der Waals surface area contributed by atoms with E-state index in [4.69, 9.17) is 4.74 Å². The van der Waals surface area contributed by atoms with Crippen molar-refractivity contribution in [3.05, 3.63) is 12.4 Å². The molecular weight excluding hydrogens is 282 g/mol. The number of anilines is 1. The fourth-order valence-corrected chi connectivity index (χ4v) is 2.48. The van der Waals surface area contributed by atoms with E-state index in [1.807, 2.05) is 6.07 Å². The predicted molar refractivity (Wildman–Crippen MR) is 71.9 cm³/mol. The van der Waals surface area contributed by atoms with Gasteiger partial charge in [-0.1, -0.05) is 22.9 Å². The van der Waals surface area contributed by atoms with Crippen LogP contribution >= 0.6 is 15.9 Å². The highest BCUT2D eigenvalue weighted by Gasteiger charge is 2.22. The maximum Gasteiger partial charge on any atom is 0.218 e. The van der Waals surface area contributed by atoms with Gasteiger partial charge in [-0.25, -0.2) is 9.97 Å². The van der Waals surface area contributed by atoms with Gasteiger partial charge in [-0.15, -0.1) is 0 Å². The molecule has 0 radical (unpaired) electrons. The molecule has 0 aromatic carbocycles. The van der Waals surface area contributed by atoms with Crippen molar-refractivity contribution in [2.45, 2.75) is 19.8 Å². The zero-order valence-corrected chi connectivity index (χ0v) is 11.7. The minimum atomic E-state index is 0.680. The Hall–Kier alpha value is -0.840. The van der Waals surface area contributed by atoms with E-state index in [1.54, 1.807) is 6.33 Å². The highest BCUT2D eigenvalue weighted by Crippen LogP contribution is 2.24. The molecule has 1 fully saturated rings. The lowest BCUT2D eigenvalue weighted by molar-refractivity contribution is 0.304. The number of aromatic nitrogens is 2. The van der Waals surface area contributed by atoms with Crippen molar-refractivity contribution in [3.63, 3.8) is 0 Å². The lowest BCUT2D eigenvalue weighted by Gasteiger charge is -2.17. The summed E-state index contributed by atoms with van der Waals surface area (Å²) in [5, 5.41) is 1.06. The summed E-state index contributed by atoms with van der Waals surface area (Å²) in [5.74, 6) is 2.39. The Morgan fingerprint density at radius 3 is 3.12 bits per heavy atom. The third-order valence-electron chi connectivity index (χ3n) is 2.91. The number of alkyl halides is 1. The van der Waals surface area contributed by atoms with Crippen molar-refractivity contribution in [2.24, 2.45) is 5.92 Å². The molecule has 1 aromatic heterocycles. The summed E-state index contributed by atoms with van der Waals surface area (Å²) in [7, 11) is 0. The molecule has 0 N–H and O–H groups in total. The summed E-state index contributed by atoms with van der Waals surface area (Å²) in [5.41, 5.74) is 0. The lowest BCUT2D eigenvalue weighted by atomic mass is 10.2. The average molecular weight is 300 g/mol. The molecule has 0 amide bonds. The van der Waals surface area contributed by atoms with Gasteiger partial charge in [0.25, 0.3) is 0 Å². The van der Waals surface area contributed by atoms with Crippen molar-refractivity contribution in [1.82, 2.24) is 9.97 Å². The van der Waals surface area contributed by atoms with Gasteiger partial charge in [0.15, 0.2) is 0 Å². The van der Waals surface area contributed by atoms with Crippen LogP contribution in [-0.2, 0) is 0 Å². The zero-order valence-electron chi connectivity index (χ0n) is 10.1. The normalized spacial score (nSPS) is 19.6. The minimum Gasteiger partial charge on any atom is -0.478 e. The molecule has 1 aromatic rings.